The van der Waals surface area contributed by atoms with Crippen LogP contribution in [0.2, 0.25) is 0 Å². The summed E-state index contributed by atoms with van der Waals surface area (Å²) in [6.45, 7) is 3.49. The molecule has 0 aromatic carbocycles. The van der Waals surface area contributed by atoms with Gasteiger partial charge >= 0.3 is 0 Å². The molecule has 1 aromatic rings. The maximum Gasteiger partial charge on any atom is 0.0701 e. The summed E-state index contributed by atoms with van der Waals surface area (Å²) >= 11 is 5.13. The van der Waals surface area contributed by atoms with E-state index in [2.05, 4.69) is 27.3 Å². The van der Waals surface area contributed by atoms with E-state index in [0.29, 0.717) is 6.54 Å². The lowest BCUT2D eigenvalue weighted by Gasteiger charge is -2.07. The highest BCUT2D eigenvalue weighted by Crippen LogP contribution is 2.21. The summed E-state index contributed by atoms with van der Waals surface area (Å²) in [5.74, 6) is 0. The molecule has 4 heteroatoms. The lowest BCUT2D eigenvalue weighted by Crippen LogP contribution is -2.25. The van der Waals surface area contributed by atoms with E-state index in [1.165, 1.54) is 4.88 Å². The van der Waals surface area contributed by atoms with Crippen LogP contribution in [0.15, 0.2) is 15.9 Å². The normalized spacial score (nSPS) is 13.2. The second-order valence-electron chi connectivity index (χ2n) is 2.90. The Labute approximate surface area is 91.1 Å². The van der Waals surface area contributed by atoms with Crippen LogP contribution in [0.5, 0.6) is 0 Å². The first-order valence-electron chi connectivity index (χ1n) is 4.35. The molecule has 0 spiro atoms. The predicted molar refractivity (Wildman–Crippen MR) is 60.0 cm³/mol. The SMILES string of the molecule is CCC(O)CNCc1ccc(Br)s1. The van der Waals surface area contributed by atoms with Gasteiger partial charge in [0.1, 0.15) is 0 Å². The molecule has 0 aliphatic carbocycles. The molecule has 1 unspecified atom stereocenters. The molecule has 0 aliphatic rings. The maximum absolute atomic E-state index is 9.27. The van der Waals surface area contributed by atoms with Crippen molar-refractivity contribution >= 4 is 27.3 Å². The van der Waals surface area contributed by atoms with Crippen molar-refractivity contribution in [3.05, 3.63) is 20.8 Å². The number of rotatable bonds is 5. The van der Waals surface area contributed by atoms with Gasteiger partial charge in [-0.05, 0) is 34.5 Å². The second kappa shape index (κ2) is 5.75. The Balaban J connectivity index is 2.20. The van der Waals surface area contributed by atoms with Crippen molar-refractivity contribution in [2.45, 2.75) is 26.0 Å². The van der Waals surface area contributed by atoms with Crippen LogP contribution in [-0.2, 0) is 6.54 Å². The number of thiophene rings is 1. The first-order valence-corrected chi connectivity index (χ1v) is 5.96. The molecule has 1 atom stereocenters. The van der Waals surface area contributed by atoms with Crippen molar-refractivity contribution in [1.82, 2.24) is 5.32 Å². The molecule has 0 saturated carbocycles. The first kappa shape index (κ1) is 11.2. The topological polar surface area (TPSA) is 32.3 Å². The zero-order chi connectivity index (χ0) is 9.68. The summed E-state index contributed by atoms with van der Waals surface area (Å²) in [5.41, 5.74) is 0. The fourth-order valence-electron chi connectivity index (χ4n) is 0.953. The van der Waals surface area contributed by atoms with Gasteiger partial charge in [0, 0.05) is 18.0 Å². The number of nitrogens with one attached hydrogen (secondary N) is 1. The van der Waals surface area contributed by atoms with E-state index in [1.54, 1.807) is 11.3 Å². The zero-order valence-electron chi connectivity index (χ0n) is 7.59. The van der Waals surface area contributed by atoms with E-state index in [1.807, 2.05) is 13.0 Å². The van der Waals surface area contributed by atoms with Gasteiger partial charge in [-0.2, -0.15) is 0 Å². The lowest BCUT2D eigenvalue weighted by atomic mass is 10.3. The number of halogens is 1. The Hall–Kier alpha value is 0.1000. The van der Waals surface area contributed by atoms with Gasteiger partial charge in [-0.15, -0.1) is 11.3 Å². The van der Waals surface area contributed by atoms with Gasteiger partial charge < -0.3 is 10.4 Å². The smallest absolute Gasteiger partial charge is 0.0701 e. The Morgan fingerprint density at radius 2 is 2.38 bits per heavy atom. The molecule has 1 rings (SSSR count). The lowest BCUT2D eigenvalue weighted by molar-refractivity contribution is 0.167. The quantitative estimate of drug-likeness (QED) is 0.855. The van der Waals surface area contributed by atoms with Gasteiger partial charge in [-0.1, -0.05) is 6.92 Å². The van der Waals surface area contributed by atoms with Crippen molar-refractivity contribution < 1.29 is 5.11 Å². The summed E-state index contributed by atoms with van der Waals surface area (Å²) in [5, 5.41) is 12.5. The van der Waals surface area contributed by atoms with Crippen molar-refractivity contribution in [3.8, 4) is 0 Å². The van der Waals surface area contributed by atoms with Crippen LogP contribution in [0.1, 0.15) is 18.2 Å². The van der Waals surface area contributed by atoms with E-state index < -0.39 is 0 Å². The number of aliphatic hydroxyl groups is 1. The van der Waals surface area contributed by atoms with Gasteiger partial charge in [0.25, 0.3) is 0 Å². The zero-order valence-corrected chi connectivity index (χ0v) is 9.99. The van der Waals surface area contributed by atoms with Crippen molar-refractivity contribution in [3.63, 3.8) is 0 Å². The third-order valence-corrected chi connectivity index (χ3v) is 3.40. The monoisotopic (exact) mass is 263 g/mol. The van der Waals surface area contributed by atoms with Gasteiger partial charge in [0.15, 0.2) is 0 Å². The van der Waals surface area contributed by atoms with Crippen LogP contribution in [0.4, 0.5) is 0 Å². The summed E-state index contributed by atoms with van der Waals surface area (Å²) in [6, 6.07) is 4.12. The first-order chi connectivity index (χ1) is 6.22. The Morgan fingerprint density at radius 1 is 1.62 bits per heavy atom. The fraction of sp³-hybridized carbons (Fsp3) is 0.556. The molecule has 2 nitrogen and oxygen atoms in total. The molecule has 0 amide bonds. The molecule has 1 aromatic heterocycles. The third kappa shape index (κ3) is 4.22. The minimum absolute atomic E-state index is 0.219. The van der Waals surface area contributed by atoms with E-state index in [9.17, 15) is 5.11 Å². The maximum atomic E-state index is 9.27. The average Bonchev–Trinajstić information content (AvgIpc) is 2.51. The molecule has 2 N–H and O–H groups in total. The Morgan fingerprint density at radius 3 is 2.92 bits per heavy atom. The fourth-order valence-corrected chi connectivity index (χ4v) is 2.41. The third-order valence-electron chi connectivity index (χ3n) is 1.78. The largest absolute Gasteiger partial charge is 0.392 e. The van der Waals surface area contributed by atoms with Gasteiger partial charge in [0.05, 0.1) is 9.89 Å². The number of hydrogen-bond donors (Lipinski definition) is 2. The predicted octanol–water partition coefficient (Wildman–Crippen LogP) is 2.37. The van der Waals surface area contributed by atoms with E-state index >= 15 is 0 Å². The average molecular weight is 264 g/mol. The minimum atomic E-state index is -0.219. The Bertz CT molecular complexity index is 252. The minimum Gasteiger partial charge on any atom is -0.392 e. The highest BCUT2D eigenvalue weighted by Gasteiger charge is 2.00. The van der Waals surface area contributed by atoms with E-state index in [4.69, 9.17) is 0 Å². The van der Waals surface area contributed by atoms with Crippen LogP contribution < -0.4 is 5.32 Å². The van der Waals surface area contributed by atoms with Crippen molar-refractivity contribution in [2.75, 3.05) is 6.54 Å². The van der Waals surface area contributed by atoms with E-state index in [0.717, 1.165) is 16.8 Å². The summed E-state index contributed by atoms with van der Waals surface area (Å²) < 4.78 is 1.15. The summed E-state index contributed by atoms with van der Waals surface area (Å²) in [4.78, 5) is 1.29. The van der Waals surface area contributed by atoms with Crippen LogP contribution in [0.3, 0.4) is 0 Å². The molecule has 0 saturated heterocycles. The molecule has 0 bridgehead atoms. The Kier molecular flexibility index (Phi) is 4.94. The van der Waals surface area contributed by atoms with Gasteiger partial charge in [-0.25, -0.2) is 0 Å². The van der Waals surface area contributed by atoms with Crippen molar-refractivity contribution in [2.24, 2.45) is 0 Å². The molecule has 1 heterocycles. The molecule has 13 heavy (non-hydrogen) atoms. The van der Waals surface area contributed by atoms with Crippen LogP contribution in [0.25, 0.3) is 0 Å². The molecule has 74 valence electrons. The number of hydrogen-bond acceptors (Lipinski definition) is 3. The molecule has 0 aliphatic heterocycles. The summed E-state index contributed by atoms with van der Waals surface area (Å²) in [7, 11) is 0. The van der Waals surface area contributed by atoms with Crippen molar-refractivity contribution in [1.29, 1.82) is 0 Å². The molecule has 0 fully saturated rings. The highest BCUT2D eigenvalue weighted by molar-refractivity contribution is 9.11. The van der Waals surface area contributed by atoms with Crippen LogP contribution >= 0.6 is 27.3 Å². The van der Waals surface area contributed by atoms with E-state index in [-0.39, 0.29) is 6.10 Å². The molecular formula is C9H14BrNOS. The summed E-state index contributed by atoms with van der Waals surface area (Å²) in [6.07, 6.45) is 0.588. The van der Waals surface area contributed by atoms with Gasteiger partial charge in [-0.3, -0.25) is 0 Å². The molecule has 0 radical (unpaired) electrons. The van der Waals surface area contributed by atoms with Crippen LogP contribution in [0, 0.1) is 0 Å². The highest BCUT2D eigenvalue weighted by atomic mass is 79.9. The standard InChI is InChI=1S/C9H14BrNOS/c1-2-7(12)5-11-6-8-3-4-9(10)13-8/h3-4,7,11-12H,2,5-6H2,1H3. The molecular weight excluding hydrogens is 250 g/mol. The second-order valence-corrected chi connectivity index (χ2v) is 5.45. The van der Waals surface area contributed by atoms with Gasteiger partial charge in [0.2, 0.25) is 0 Å². The number of aliphatic hydroxyl groups excluding tert-OH is 1. The van der Waals surface area contributed by atoms with Crippen LogP contribution in [-0.4, -0.2) is 17.8 Å².